The normalized spacial score (nSPS) is 13.8. The van der Waals surface area contributed by atoms with Crippen LogP contribution in [0.1, 0.15) is 13.3 Å². The average molecular weight is 308 g/mol. The third-order valence-corrected chi connectivity index (χ3v) is 5.92. The molecule has 6 heteroatoms. The fraction of sp³-hybridized carbons (Fsp3) is 0.500. The quantitative estimate of drug-likeness (QED) is 0.599. The maximum Gasteiger partial charge on any atom is 0.243 e. The van der Waals surface area contributed by atoms with Gasteiger partial charge in [-0.1, -0.05) is 19.1 Å². The maximum absolute atomic E-state index is 12.2. The summed E-state index contributed by atoms with van der Waals surface area (Å²) in [5.41, 5.74) is 0. The molecule has 18 heavy (non-hydrogen) atoms. The summed E-state index contributed by atoms with van der Waals surface area (Å²) < 4.78 is 25.6. The molecule has 0 aromatic heterocycles. The van der Waals surface area contributed by atoms with Gasteiger partial charge >= 0.3 is 0 Å². The third-order valence-electron chi connectivity index (χ3n) is 2.45. The van der Waals surface area contributed by atoms with Crippen molar-refractivity contribution in [2.24, 2.45) is 0 Å². The van der Waals surface area contributed by atoms with Gasteiger partial charge in [-0.05, 0) is 18.6 Å². The lowest BCUT2D eigenvalue weighted by Gasteiger charge is -2.16. The highest BCUT2D eigenvalue weighted by Crippen LogP contribution is 2.32. The first kappa shape index (κ1) is 15.8. The lowest BCUT2D eigenvalue weighted by Crippen LogP contribution is -2.22. The molecule has 0 radical (unpaired) electrons. The third kappa shape index (κ3) is 3.88. The minimum absolute atomic E-state index is 0.293. The van der Waals surface area contributed by atoms with Crippen LogP contribution in [0.3, 0.4) is 0 Å². The summed E-state index contributed by atoms with van der Waals surface area (Å²) in [6.45, 7) is 2.05. The van der Waals surface area contributed by atoms with Gasteiger partial charge < -0.3 is 0 Å². The number of nitrogens with zero attached hydrogens (tertiary/aromatic N) is 1. The lowest BCUT2D eigenvalue weighted by molar-refractivity contribution is 0.518. The molecule has 0 aliphatic carbocycles. The average Bonchev–Trinajstić information content (AvgIpc) is 2.29. The van der Waals surface area contributed by atoms with Crippen LogP contribution in [-0.2, 0) is 10.0 Å². The predicted molar refractivity (Wildman–Crippen MR) is 78.0 cm³/mol. The Labute approximate surface area is 119 Å². The van der Waals surface area contributed by atoms with Crippen molar-refractivity contribution >= 4 is 33.4 Å². The highest BCUT2D eigenvalue weighted by molar-refractivity contribution is 8.00. The zero-order valence-corrected chi connectivity index (χ0v) is 13.1. The van der Waals surface area contributed by atoms with E-state index in [1.807, 2.05) is 19.1 Å². The van der Waals surface area contributed by atoms with Gasteiger partial charge in [-0.3, -0.25) is 0 Å². The zero-order valence-electron chi connectivity index (χ0n) is 10.8. The van der Waals surface area contributed by atoms with Crippen molar-refractivity contribution in [1.29, 1.82) is 0 Å². The fourth-order valence-corrected chi connectivity index (χ4v) is 4.28. The lowest BCUT2D eigenvalue weighted by atomic mass is 10.4. The Kier molecular flexibility index (Phi) is 5.98. The van der Waals surface area contributed by atoms with Crippen molar-refractivity contribution < 1.29 is 8.42 Å². The van der Waals surface area contributed by atoms with Gasteiger partial charge in [0.05, 0.1) is 4.90 Å². The number of halogens is 1. The number of benzene rings is 1. The first-order chi connectivity index (χ1) is 8.39. The van der Waals surface area contributed by atoms with Crippen LogP contribution < -0.4 is 0 Å². The smallest absolute Gasteiger partial charge is 0.207 e. The largest absolute Gasteiger partial charge is 0.243 e. The van der Waals surface area contributed by atoms with Gasteiger partial charge in [-0.25, -0.2) is 12.7 Å². The van der Waals surface area contributed by atoms with Crippen molar-refractivity contribution in [3.05, 3.63) is 24.3 Å². The van der Waals surface area contributed by atoms with Crippen molar-refractivity contribution in [2.75, 3.05) is 20.0 Å². The predicted octanol–water partition coefficient (Wildman–Crippen LogP) is 3.05. The van der Waals surface area contributed by atoms with Gasteiger partial charge in [-0.15, -0.1) is 23.4 Å². The van der Waals surface area contributed by atoms with Crippen LogP contribution >= 0.6 is 23.4 Å². The molecule has 0 spiro atoms. The molecule has 1 aromatic rings. The van der Waals surface area contributed by atoms with E-state index < -0.39 is 10.0 Å². The number of sulfonamides is 1. The van der Waals surface area contributed by atoms with Crippen LogP contribution in [0.2, 0.25) is 0 Å². The molecule has 0 N–H and O–H groups in total. The van der Waals surface area contributed by atoms with E-state index in [1.165, 1.54) is 4.31 Å². The Hall–Kier alpha value is -0.230. The van der Waals surface area contributed by atoms with Gasteiger partial charge in [-0.2, -0.15) is 0 Å². The number of alkyl halides is 1. The summed E-state index contributed by atoms with van der Waals surface area (Å²) in [5.74, 6) is 0.580. The molecule has 0 amide bonds. The molecule has 1 unspecified atom stereocenters. The Morgan fingerprint density at radius 1 is 1.33 bits per heavy atom. The van der Waals surface area contributed by atoms with Crippen molar-refractivity contribution in [3.8, 4) is 0 Å². The summed E-state index contributed by atoms with van der Waals surface area (Å²) in [5, 5.41) is 0.293. The van der Waals surface area contributed by atoms with Gasteiger partial charge in [0, 0.05) is 30.1 Å². The number of hydrogen-bond acceptors (Lipinski definition) is 3. The second kappa shape index (κ2) is 6.80. The molecule has 1 aromatic carbocycles. The van der Waals surface area contributed by atoms with E-state index in [-0.39, 0.29) is 0 Å². The standard InChI is InChI=1S/C12H18ClNO2S2/c1-10(8-9-13)17-11-6-4-5-7-12(11)18(15,16)14(2)3/h4-7,10H,8-9H2,1-3H3. The van der Waals surface area contributed by atoms with Crippen molar-refractivity contribution in [2.45, 2.75) is 28.4 Å². The Morgan fingerprint density at radius 2 is 1.94 bits per heavy atom. The first-order valence-corrected chi connectivity index (χ1v) is 8.49. The molecule has 1 rings (SSSR count). The molecule has 102 valence electrons. The molecule has 0 saturated carbocycles. The highest BCUT2D eigenvalue weighted by Gasteiger charge is 2.21. The van der Waals surface area contributed by atoms with E-state index >= 15 is 0 Å². The molecule has 0 fully saturated rings. The fourth-order valence-electron chi connectivity index (χ4n) is 1.39. The van der Waals surface area contributed by atoms with Gasteiger partial charge in [0.25, 0.3) is 0 Å². The van der Waals surface area contributed by atoms with E-state index in [0.29, 0.717) is 16.0 Å². The summed E-state index contributed by atoms with van der Waals surface area (Å²) in [4.78, 5) is 1.14. The maximum atomic E-state index is 12.2. The van der Waals surface area contributed by atoms with E-state index in [2.05, 4.69) is 0 Å². The zero-order chi connectivity index (χ0) is 13.8. The molecule has 0 aliphatic heterocycles. The number of hydrogen-bond donors (Lipinski definition) is 0. The molecule has 0 saturated heterocycles. The second-order valence-electron chi connectivity index (χ2n) is 4.14. The van der Waals surface area contributed by atoms with Gasteiger partial charge in [0.2, 0.25) is 10.0 Å². The summed E-state index contributed by atoms with van der Waals surface area (Å²) in [7, 11) is -0.307. The summed E-state index contributed by atoms with van der Waals surface area (Å²) >= 11 is 7.25. The Bertz CT molecular complexity index is 489. The van der Waals surface area contributed by atoms with E-state index in [1.54, 1.807) is 38.0 Å². The van der Waals surface area contributed by atoms with Crippen LogP contribution in [0.25, 0.3) is 0 Å². The van der Waals surface area contributed by atoms with Crippen molar-refractivity contribution in [1.82, 2.24) is 4.31 Å². The topological polar surface area (TPSA) is 37.4 Å². The monoisotopic (exact) mass is 307 g/mol. The van der Waals surface area contributed by atoms with Crippen LogP contribution in [-0.4, -0.2) is 37.9 Å². The minimum atomic E-state index is -3.39. The summed E-state index contributed by atoms with van der Waals surface area (Å²) in [6, 6.07) is 7.08. The molecular weight excluding hydrogens is 290 g/mol. The van der Waals surface area contributed by atoms with E-state index in [0.717, 1.165) is 11.3 Å². The van der Waals surface area contributed by atoms with Crippen LogP contribution in [0, 0.1) is 0 Å². The molecule has 0 bridgehead atoms. The molecule has 1 atom stereocenters. The molecule has 0 heterocycles. The van der Waals surface area contributed by atoms with Crippen LogP contribution in [0.15, 0.2) is 34.1 Å². The highest BCUT2D eigenvalue weighted by atomic mass is 35.5. The first-order valence-electron chi connectivity index (χ1n) is 5.63. The molecular formula is C12H18ClNO2S2. The van der Waals surface area contributed by atoms with Gasteiger partial charge in [0.1, 0.15) is 0 Å². The van der Waals surface area contributed by atoms with E-state index in [4.69, 9.17) is 11.6 Å². The van der Waals surface area contributed by atoms with E-state index in [9.17, 15) is 8.42 Å². The molecule has 3 nitrogen and oxygen atoms in total. The SMILES string of the molecule is CC(CCCl)Sc1ccccc1S(=O)(=O)N(C)C. The number of thioether (sulfide) groups is 1. The van der Waals surface area contributed by atoms with Crippen LogP contribution in [0.4, 0.5) is 0 Å². The summed E-state index contributed by atoms with van der Waals surface area (Å²) in [6.07, 6.45) is 0.850. The van der Waals surface area contributed by atoms with Gasteiger partial charge in [0.15, 0.2) is 0 Å². The number of rotatable bonds is 6. The Balaban J connectivity index is 3.08. The minimum Gasteiger partial charge on any atom is -0.207 e. The van der Waals surface area contributed by atoms with Crippen molar-refractivity contribution in [3.63, 3.8) is 0 Å². The Morgan fingerprint density at radius 3 is 2.50 bits per heavy atom. The van der Waals surface area contributed by atoms with Crippen LogP contribution in [0.5, 0.6) is 0 Å². The molecule has 0 aliphatic rings. The second-order valence-corrected chi connectivity index (χ2v) is 8.12.